The Kier molecular flexibility index (Phi) is 4.93. The Morgan fingerprint density at radius 3 is 2.57 bits per heavy atom. The summed E-state index contributed by atoms with van der Waals surface area (Å²) in [6, 6.07) is 17.6. The van der Waals surface area contributed by atoms with Gasteiger partial charge in [-0.2, -0.15) is 0 Å². The van der Waals surface area contributed by atoms with Crippen LogP contribution < -0.4 is 15.1 Å². The maximum Gasteiger partial charge on any atom is 0.326 e. The molecule has 4 rings (SSSR count). The molecule has 142 valence electrons. The number of halogens is 1. The van der Waals surface area contributed by atoms with Gasteiger partial charge in [-0.3, -0.25) is 4.90 Å². The van der Waals surface area contributed by atoms with E-state index < -0.39 is 0 Å². The van der Waals surface area contributed by atoms with Gasteiger partial charge < -0.3 is 10.2 Å². The molecule has 0 aliphatic carbocycles. The van der Waals surface area contributed by atoms with Crippen LogP contribution in [0.15, 0.2) is 66.9 Å². The molecule has 1 aromatic heterocycles. The smallest absolute Gasteiger partial charge is 0.326 e. The van der Waals surface area contributed by atoms with E-state index in [1.807, 2.05) is 12.1 Å². The van der Waals surface area contributed by atoms with Crippen molar-refractivity contribution in [3.8, 4) is 0 Å². The molecule has 1 aliphatic heterocycles. The second-order valence-electron chi connectivity index (χ2n) is 6.84. The number of aromatic nitrogens is 1. The van der Waals surface area contributed by atoms with Crippen molar-refractivity contribution < 1.29 is 9.18 Å². The van der Waals surface area contributed by atoms with Crippen LogP contribution in [0.3, 0.4) is 0 Å². The molecule has 3 aromatic rings. The first kappa shape index (κ1) is 18.0. The summed E-state index contributed by atoms with van der Waals surface area (Å²) in [5.74, 6) is 0.445. The minimum Gasteiger partial charge on any atom is -0.349 e. The first-order valence-electron chi connectivity index (χ1n) is 9.20. The fourth-order valence-electron chi connectivity index (χ4n) is 3.29. The number of benzene rings is 2. The van der Waals surface area contributed by atoms with Crippen LogP contribution >= 0.6 is 0 Å². The minimum absolute atomic E-state index is 0.254. The van der Waals surface area contributed by atoms with Crippen LogP contribution in [0.25, 0.3) is 0 Å². The Balaban J connectivity index is 1.54. The maximum absolute atomic E-state index is 13.1. The molecule has 0 saturated heterocycles. The highest BCUT2D eigenvalue weighted by Gasteiger charge is 2.27. The van der Waals surface area contributed by atoms with E-state index in [1.54, 1.807) is 23.2 Å². The molecule has 0 radical (unpaired) electrons. The maximum atomic E-state index is 13.1. The van der Waals surface area contributed by atoms with Gasteiger partial charge in [0.1, 0.15) is 5.82 Å². The van der Waals surface area contributed by atoms with E-state index in [0.29, 0.717) is 18.8 Å². The molecule has 0 saturated carbocycles. The van der Waals surface area contributed by atoms with Crippen LogP contribution in [0.5, 0.6) is 0 Å². The number of pyridine rings is 1. The lowest BCUT2D eigenvalue weighted by Gasteiger charge is -2.36. The van der Waals surface area contributed by atoms with Crippen molar-refractivity contribution in [3.05, 3.63) is 83.8 Å². The number of hydrogen-bond acceptors (Lipinski definition) is 3. The second kappa shape index (κ2) is 7.68. The molecule has 0 fully saturated rings. The van der Waals surface area contributed by atoms with Gasteiger partial charge in [0.15, 0.2) is 5.82 Å². The number of carbonyl (C=O) groups excluding carboxylic acids is 1. The zero-order valence-electron chi connectivity index (χ0n) is 15.6. The molecule has 28 heavy (non-hydrogen) atoms. The van der Waals surface area contributed by atoms with Gasteiger partial charge in [-0.1, -0.05) is 29.8 Å². The summed E-state index contributed by atoms with van der Waals surface area (Å²) in [5.41, 5.74) is 3.75. The summed E-state index contributed by atoms with van der Waals surface area (Å²) in [7, 11) is 0. The van der Waals surface area contributed by atoms with Gasteiger partial charge in [-0.15, -0.1) is 0 Å². The van der Waals surface area contributed by atoms with Crippen molar-refractivity contribution in [1.82, 2.24) is 4.98 Å². The number of urea groups is 1. The first-order valence-corrected chi connectivity index (χ1v) is 9.20. The highest BCUT2D eigenvalue weighted by atomic mass is 19.1. The number of amides is 2. The molecule has 6 heteroatoms. The summed E-state index contributed by atoms with van der Waals surface area (Å²) in [5, 5.41) is 2.82. The van der Waals surface area contributed by atoms with Crippen LogP contribution in [0, 0.1) is 12.7 Å². The van der Waals surface area contributed by atoms with Crippen LogP contribution in [0.1, 0.15) is 11.1 Å². The molecule has 0 atom stereocenters. The Morgan fingerprint density at radius 1 is 1.07 bits per heavy atom. The number of anilines is 3. The molecule has 2 amide bonds. The van der Waals surface area contributed by atoms with Crippen molar-refractivity contribution >= 4 is 23.2 Å². The molecule has 0 bridgehead atoms. The van der Waals surface area contributed by atoms with E-state index in [4.69, 9.17) is 0 Å². The minimum atomic E-state index is -0.336. The Hall–Kier alpha value is -3.41. The van der Waals surface area contributed by atoms with Gasteiger partial charge in [0.05, 0.1) is 5.69 Å². The molecule has 0 unspecified atom stereocenters. The predicted octanol–water partition coefficient (Wildman–Crippen LogP) is 4.59. The van der Waals surface area contributed by atoms with Crippen molar-refractivity contribution in [3.63, 3.8) is 0 Å². The fraction of sp³-hybridized carbons (Fsp3) is 0.182. The lowest BCUT2D eigenvalue weighted by molar-refractivity contribution is 0.256. The van der Waals surface area contributed by atoms with Gasteiger partial charge in [-0.25, -0.2) is 14.2 Å². The lowest BCUT2D eigenvalue weighted by Crippen LogP contribution is -2.46. The summed E-state index contributed by atoms with van der Waals surface area (Å²) < 4.78 is 13.1. The van der Waals surface area contributed by atoms with Crippen molar-refractivity contribution in [2.24, 2.45) is 0 Å². The van der Waals surface area contributed by atoms with Gasteiger partial charge in [0.2, 0.25) is 0 Å². The number of nitrogens with one attached hydrogen (secondary N) is 1. The molecule has 1 aliphatic rings. The standard InChI is InChI=1S/C22H21FN4O/c1-16-4-6-17(7-5-16)15-26-13-14-27(20-3-2-12-24-21(20)26)22(28)25-19-10-8-18(23)9-11-19/h2-12H,13-15H2,1H3,(H,25,28). The van der Waals surface area contributed by atoms with E-state index in [0.717, 1.165) is 18.1 Å². The topological polar surface area (TPSA) is 48.5 Å². The highest BCUT2D eigenvalue weighted by molar-refractivity contribution is 6.04. The number of nitrogens with zero attached hydrogens (tertiary/aromatic N) is 3. The highest BCUT2D eigenvalue weighted by Crippen LogP contribution is 2.32. The van der Waals surface area contributed by atoms with Crippen LogP contribution in [-0.2, 0) is 6.54 Å². The molecule has 2 aromatic carbocycles. The van der Waals surface area contributed by atoms with Crippen molar-refractivity contribution in [2.75, 3.05) is 28.2 Å². The molecule has 0 spiro atoms. The quantitative estimate of drug-likeness (QED) is 0.727. The van der Waals surface area contributed by atoms with Crippen LogP contribution in [0.4, 0.5) is 26.4 Å². The number of fused-ring (bicyclic) bond motifs is 1. The Labute approximate surface area is 163 Å². The monoisotopic (exact) mass is 376 g/mol. The zero-order chi connectivity index (χ0) is 19.5. The molecule has 2 heterocycles. The van der Waals surface area contributed by atoms with Crippen molar-refractivity contribution in [1.29, 1.82) is 0 Å². The second-order valence-corrected chi connectivity index (χ2v) is 6.84. The van der Waals surface area contributed by atoms with E-state index in [2.05, 4.69) is 46.4 Å². The van der Waals surface area contributed by atoms with Crippen LogP contribution in [-0.4, -0.2) is 24.1 Å². The molecule has 5 nitrogen and oxygen atoms in total. The number of rotatable bonds is 3. The largest absolute Gasteiger partial charge is 0.349 e. The van der Waals surface area contributed by atoms with Gasteiger partial charge >= 0.3 is 6.03 Å². The average molecular weight is 376 g/mol. The van der Waals surface area contributed by atoms with E-state index >= 15 is 0 Å². The summed E-state index contributed by atoms with van der Waals surface area (Å²) in [4.78, 5) is 21.2. The number of carbonyl (C=O) groups is 1. The summed E-state index contributed by atoms with van der Waals surface area (Å²) in [6.45, 7) is 4.02. The zero-order valence-corrected chi connectivity index (χ0v) is 15.6. The lowest BCUT2D eigenvalue weighted by atomic mass is 10.1. The van der Waals surface area contributed by atoms with Crippen molar-refractivity contribution in [2.45, 2.75) is 13.5 Å². The summed E-state index contributed by atoms with van der Waals surface area (Å²) >= 11 is 0. The van der Waals surface area contributed by atoms with Crippen LogP contribution in [0.2, 0.25) is 0 Å². The molecular weight excluding hydrogens is 355 g/mol. The average Bonchev–Trinajstić information content (AvgIpc) is 2.71. The third-order valence-electron chi connectivity index (χ3n) is 4.78. The van der Waals surface area contributed by atoms with Gasteiger partial charge in [0.25, 0.3) is 0 Å². The van der Waals surface area contributed by atoms with Gasteiger partial charge in [-0.05, 0) is 48.9 Å². The Morgan fingerprint density at radius 2 is 1.82 bits per heavy atom. The van der Waals surface area contributed by atoms with E-state index in [-0.39, 0.29) is 11.8 Å². The third-order valence-corrected chi connectivity index (χ3v) is 4.78. The normalized spacial score (nSPS) is 13.2. The number of hydrogen-bond donors (Lipinski definition) is 1. The number of aryl methyl sites for hydroxylation is 1. The Bertz CT molecular complexity index is 973. The first-order chi connectivity index (χ1) is 13.6. The van der Waals surface area contributed by atoms with Gasteiger partial charge in [0, 0.05) is 31.5 Å². The SMILES string of the molecule is Cc1ccc(CN2CCN(C(=O)Nc3ccc(F)cc3)c3cccnc32)cc1. The van der Waals surface area contributed by atoms with E-state index in [9.17, 15) is 9.18 Å². The summed E-state index contributed by atoms with van der Waals surface area (Å²) in [6.07, 6.45) is 1.74. The van der Waals surface area contributed by atoms with E-state index in [1.165, 1.54) is 23.3 Å². The third kappa shape index (κ3) is 3.81. The molecule has 1 N–H and O–H groups in total. The predicted molar refractivity (Wildman–Crippen MR) is 109 cm³/mol. The molecular formula is C22H21FN4O. The fourth-order valence-corrected chi connectivity index (χ4v) is 3.29.